The Kier molecular flexibility index (Phi) is 8.33. The molecule has 2 N–H and O–H groups in total. The molecular weight excluding hydrogens is 480 g/mol. The molecule has 5 rings (SSSR count). The summed E-state index contributed by atoms with van der Waals surface area (Å²) in [7, 11) is 3.28. The highest BCUT2D eigenvalue weighted by Gasteiger charge is 2.22. The van der Waals surface area contributed by atoms with Crippen LogP contribution in [-0.4, -0.2) is 67.6 Å². The fraction of sp³-hybridized carbons (Fsp3) is 0.333. The number of fused-ring (bicyclic) bond motifs is 1. The van der Waals surface area contributed by atoms with Crippen LogP contribution in [0.5, 0.6) is 5.75 Å². The molecule has 1 atom stereocenters. The maximum Gasteiger partial charge on any atom is 0.258 e. The normalized spacial score (nSPS) is 15.4. The molecule has 2 heterocycles. The highest BCUT2D eigenvalue weighted by Crippen LogP contribution is 2.31. The summed E-state index contributed by atoms with van der Waals surface area (Å²) in [6.45, 7) is 3.80. The van der Waals surface area contributed by atoms with Gasteiger partial charge < -0.3 is 24.4 Å². The van der Waals surface area contributed by atoms with Crippen molar-refractivity contribution in [3.8, 4) is 17.0 Å². The smallest absolute Gasteiger partial charge is 0.258 e. The zero-order chi connectivity index (χ0) is 26.3. The predicted octanol–water partition coefficient (Wildman–Crippen LogP) is 5.05. The zero-order valence-corrected chi connectivity index (χ0v) is 21.9. The van der Waals surface area contributed by atoms with Gasteiger partial charge in [-0.3, -0.25) is 9.89 Å². The first kappa shape index (κ1) is 25.9. The number of nitrogens with zero attached hydrogens (tertiary/aromatic N) is 2. The Morgan fingerprint density at radius 3 is 2.53 bits per heavy atom. The van der Waals surface area contributed by atoms with Gasteiger partial charge in [-0.15, -0.1) is 0 Å². The van der Waals surface area contributed by atoms with Crippen LogP contribution < -0.4 is 10.1 Å². The Balaban J connectivity index is 1.25. The van der Waals surface area contributed by atoms with Crippen molar-refractivity contribution in [3.05, 3.63) is 78.4 Å². The van der Waals surface area contributed by atoms with Crippen molar-refractivity contribution in [2.45, 2.75) is 25.0 Å². The molecule has 0 bridgehead atoms. The summed E-state index contributed by atoms with van der Waals surface area (Å²) in [6.07, 6.45) is 1.56. The SMILES string of the molecule is COCCN1CCC(Oc2ccc(-c3n[nH]c4ccc(NC(=O)[C@H](OC)c5ccccc5)cc34)cc2)CC1. The second kappa shape index (κ2) is 12.2. The van der Waals surface area contributed by atoms with Gasteiger partial charge in [-0.2, -0.15) is 5.10 Å². The number of nitrogens with one attached hydrogen (secondary N) is 2. The molecule has 198 valence electrons. The lowest BCUT2D eigenvalue weighted by Crippen LogP contribution is -2.39. The monoisotopic (exact) mass is 514 g/mol. The van der Waals surface area contributed by atoms with Crippen molar-refractivity contribution in [1.82, 2.24) is 15.1 Å². The number of benzene rings is 3. The van der Waals surface area contributed by atoms with Gasteiger partial charge in [-0.1, -0.05) is 30.3 Å². The topological polar surface area (TPSA) is 88.7 Å². The zero-order valence-electron chi connectivity index (χ0n) is 21.9. The molecule has 0 radical (unpaired) electrons. The van der Waals surface area contributed by atoms with Gasteiger partial charge in [0.1, 0.15) is 11.9 Å². The molecule has 1 saturated heterocycles. The fourth-order valence-corrected chi connectivity index (χ4v) is 4.90. The Morgan fingerprint density at radius 2 is 1.82 bits per heavy atom. The van der Waals surface area contributed by atoms with E-state index < -0.39 is 6.10 Å². The largest absolute Gasteiger partial charge is 0.490 e. The molecule has 0 aliphatic carbocycles. The quantitative estimate of drug-likeness (QED) is 0.308. The van der Waals surface area contributed by atoms with Crippen LogP contribution in [0.3, 0.4) is 0 Å². The average molecular weight is 515 g/mol. The number of carbonyl (C=O) groups excluding carboxylic acids is 1. The van der Waals surface area contributed by atoms with E-state index >= 15 is 0 Å². The van der Waals surface area contributed by atoms with Gasteiger partial charge in [0.25, 0.3) is 5.91 Å². The van der Waals surface area contributed by atoms with Crippen LogP contribution >= 0.6 is 0 Å². The Morgan fingerprint density at radius 1 is 1.05 bits per heavy atom. The standard InChI is InChI=1S/C30H34N4O4/c1-36-19-18-34-16-14-25(15-17-34)38-24-11-8-21(9-12-24)28-26-20-23(10-13-27(26)32-33-28)31-30(35)29(37-2)22-6-4-3-5-7-22/h3-13,20,25,29H,14-19H2,1-2H3,(H,31,35)(H,32,33)/t29-/m1/s1. The molecule has 38 heavy (non-hydrogen) atoms. The van der Waals surface area contributed by atoms with Crippen molar-refractivity contribution in [1.29, 1.82) is 0 Å². The van der Waals surface area contributed by atoms with Crippen molar-refractivity contribution >= 4 is 22.5 Å². The Bertz CT molecular complexity index is 1330. The summed E-state index contributed by atoms with van der Waals surface area (Å²) in [6, 6.07) is 23.2. The number of aromatic amines is 1. The minimum absolute atomic E-state index is 0.226. The number of carbonyl (C=O) groups is 1. The summed E-state index contributed by atoms with van der Waals surface area (Å²) in [5.41, 5.74) is 4.17. The molecule has 1 aliphatic rings. The van der Waals surface area contributed by atoms with Crippen LogP contribution in [0.4, 0.5) is 5.69 Å². The average Bonchev–Trinajstić information content (AvgIpc) is 3.37. The molecule has 0 spiro atoms. The molecule has 1 amide bonds. The van der Waals surface area contributed by atoms with Crippen LogP contribution in [0.2, 0.25) is 0 Å². The van der Waals surface area contributed by atoms with Crippen molar-refractivity contribution in [3.63, 3.8) is 0 Å². The van der Waals surface area contributed by atoms with Crippen LogP contribution in [-0.2, 0) is 14.3 Å². The highest BCUT2D eigenvalue weighted by molar-refractivity contribution is 5.99. The molecule has 8 heteroatoms. The molecule has 0 unspecified atom stereocenters. The molecule has 4 aromatic rings. The molecule has 0 saturated carbocycles. The number of methoxy groups -OCH3 is 2. The first-order valence-electron chi connectivity index (χ1n) is 13.0. The van der Waals surface area contributed by atoms with Crippen molar-refractivity contribution in [2.75, 3.05) is 45.8 Å². The van der Waals surface area contributed by atoms with Gasteiger partial charge in [0.15, 0.2) is 6.10 Å². The minimum Gasteiger partial charge on any atom is -0.490 e. The third kappa shape index (κ3) is 6.05. The van der Waals surface area contributed by atoms with E-state index in [0.29, 0.717) is 5.69 Å². The van der Waals surface area contributed by atoms with Gasteiger partial charge in [-0.05, 0) is 60.9 Å². The van der Waals surface area contributed by atoms with Gasteiger partial charge >= 0.3 is 0 Å². The molecule has 8 nitrogen and oxygen atoms in total. The number of H-pyrrole nitrogens is 1. The molecule has 3 aromatic carbocycles. The lowest BCUT2D eigenvalue weighted by Gasteiger charge is -2.31. The van der Waals surface area contributed by atoms with E-state index in [-0.39, 0.29) is 12.0 Å². The van der Waals surface area contributed by atoms with Crippen LogP contribution in [0, 0.1) is 0 Å². The third-order valence-electron chi connectivity index (χ3n) is 6.98. The maximum atomic E-state index is 13.0. The lowest BCUT2D eigenvalue weighted by atomic mass is 10.1. The van der Waals surface area contributed by atoms with E-state index in [1.165, 1.54) is 7.11 Å². The summed E-state index contributed by atoms with van der Waals surface area (Å²) in [4.78, 5) is 15.4. The van der Waals surface area contributed by atoms with Gasteiger partial charge in [0.05, 0.1) is 17.8 Å². The summed E-state index contributed by atoms with van der Waals surface area (Å²) >= 11 is 0. The maximum absolute atomic E-state index is 13.0. The number of anilines is 1. The number of aromatic nitrogens is 2. The Hall–Kier alpha value is -3.72. The van der Waals surface area contributed by atoms with E-state index in [1.54, 1.807) is 7.11 Å². The van der Waals surface area contributed by atoms with Crippen molar-refractivity contribution in [2.24, 2.45) is 0 Å². The van der Waals surface area contributed by atoms with Crippen LogP contribution in [0.25, 0.3) is 22.2 Å². The van der Waals surface area contributed by atoms with Gasteiger partial charge in [0, 0.05) is 50.5 Å². The number of rotatable bonds is 10. The first-order valence-corrected chi connectivity index (χ1v) is 13.0. The van der Waals surface area contributed by atoms with Gasteiger partial charge in [-0.25, -0.2) is 0 Å². The number of piperidine rings is 1. The Labute approximate surface area is 222 Å². The lowest BCUT2D eigenvalue weighted by molar-refractivity contribution is -0.126. The number of ether oxygens (including phenoxy) is 3. The summed E-state index contributed by atoms with van der Waals surface area (Å²) in [5.74, 6) is 0.637. The minimum atomic E-state index is -0.694. The van der Waals surface area contributed by atoms with Gasteiger partial charge in [0.2, 0.25) is 0 Å². The second-order valence-electron chi connectivity index (χ2n) is 9.52. The van der Waals surface area contributed by atoms with E-state index in [0.717, 1.165) is 72.6 Å². The molecule has 1 aromatic heterocycles. The van der Waals surface area contributed by atoms with Crippen LogP contribution in [0.1, 0.15) is 24.5 Å². The van der Waals surface area contributed by atoms with Crippen LogP contribution in [0.15, 0.2) is 72.8 Å². The summed E-state index contributed by atoms with van der Waals surface area (Å²) in [5, 5.41) is 11.5. The highest BCUT2D eigenvalue weighted by atomic mass is 16.5. The van der Waals surface area contributed by atoms with E-state index in [9.17, 15) is 4.79 Å². The molecular formula is C30H34N4O4. The number of hydrogen-bond acceptors (Lipinski definition) is 6. The number of hydrogen-bond donors (Lipinski definition) is 2. The van der Waals surface area contributed by atoms with E-state index in [4.69, 9.17) is 14.2 Å². The van der Waals surface area contributed by atoms with E-state index in [1.807, 2.05) is 72.8 Å². The summed E-state index contributed by atoms with van der Waals surface area (Å²) < 4.78 is 16.9. The van der Waals surface area contributed by atoms with Crippen molar-refractivity contribution < 1.29 is 19.0 Å². The first-order chi connectivity index (χ1) is 18.6. The third-order valence-corrected chi connectivity index (χ3v) is 6.98. The molecule has 1 fully saturated rings. The predicted molar refractivity (Wildman–Crippen MR) is 148 cm³/mol. The fourth-order valence-electron chi connectivity index (χ4n) is 4.90. The number of likely N-dealkylation sites (tertiary alicyclic amines) is 1. The molecule has 1 aliphatic heterocycles. The second-order valence-corrected chi connectivity index (χ2v) is 9.52. The van der Waals surface area contributed by atoms with E-state index in [2.05, 4.69) is 20.4 Å². The number of amides is 1.